The molecule has 2 heterocycles. The molecule has 1 aliphatic rings. The Balaban J connectivity index is 0.000000328. The van der Waals surface area contributed by atoms with E-state index in [1.165, 1.54) is 0 Å². The van der Waals surface area contributed by atoms with Crippen molar-refractivity contribution in [2.75, 3.05) is 26.6 Å². The standard InChI is InChI=1S/C13H10N2S.C3H9O/c16-12-8-9-4-3-7-14-13(9)15-11-6-2-1-5-10(11)12;1-4(2)3/h1-7H,8H2,(H,14,15);1-3H3/q;+1. The summed E-state index contributed by atoms with van der Waals surface area (Å²) in [5.41, 5.74) is 3.31. The number of hydrogen-bond acceptors (Lipinski definition) is 3. The summed E-state index contributed by atoms with van der Waals surface area (Å²) in [4.78, 5) is 5.31. The molecule has 0 aliphatic carbocycles. The number of nitrogens with one attached hydrogen (secondary N) is 1. The molecular formula is C16H19N2OS+. The zero-order valence-corrected chi connectivity index (χ0v) is 12.8. The maximum atomic E-state index is 5.46. The monoisotopic (exact) mass is 287 g/mol. The Morgan fingerprint density at radius 2 is 1.80 bits per heavy atom. The number of hydrogen-bond donors (Lipinski definition) is 1. The summed E-state index contributed by atoms with van der Waals surface area (Å²) in [7, 11) is 5.75. The number of aromatic nitrogens is 1. The summed E-state index contributed by atoms with van der Waals surface area (Å²) in [5.74, 6) is 0.912. The smallest absolute Gasteiger partial charge is 0.135 e. The summed E-state index contributed by atoms with van der Waals surface area (Å²) < 4.78 is 2.58. The second-order valence-corrected chi connectivity index (χ2v) is 5.50. The van der Waals surface area contributed by atoms with E-state index < -0.39 is 0 Å². The molecule has 1 aliphatic heterocycles. The number of pyridine rings is 1. The van der Waals surface area contributed by atoms with Crippen LogP contribution in [-0.4, -0.2) is 31.2 Å². The van der Waals surface area contributed by atoms with Crippen LogP contribution in [0.15, 0.2) is 42.6 Å². The van der Waals surface area contributed by atoms with Crippen molar-refractivity contribution in [3.8, 4) is 0 Å². The van der Waals surface area contributed by atoms with Crippen LogP contribution in [0.25, 0.3) is 0 Å². The molecule has 0 fully saturated rings. The van der Waals surface area contributed by atoms with Crippen LogP contribution in [0.3, 0.4) is 0 Å². The van der Waals surface area contributed by atoms with Gasteiger partial charge in [0.15, 0.2) is 0 Å². The van der Waals surface area contributed by atoms with Crippen molar-refractivity contribution in [2.24, 2.45) is 0 Å². The zero-order valence-electron chi connectivity index (χ0n) is 12.0. The first-order valence-electron chi connectivity index (χ1n) is 6.40. The first-order valence-corrected chi connectivity index (χ1v) is 6.81. The largest absolute Gasteiger partial charge is 0.429 e. The summed E-state index contributed by atoms with van der Waals surface area (Å²) >= 11 is 5.46. The number of nitrogens with zero attached hydrogens (tertiary/aromatic N) is 1. The van der Waals surface area contributed by atoms with Gasteiger partial charge >= 0.3 is 0 Å². The maximum Gasteiger partial charge on any atom is 0.135 e. The van der Waals surface area contributed by atoms with Gasteiger partial charge in [0.25, 0.3) is 0 Å². The molecule has 0 bridgehead atoms. The topological polar surface area (TPSA) is 27.6 Å². The minimum atomic E-state index is 0.780. The van der Waals surface area contributed by atoms with Gasteiger partial charge in [-0.15, -0.1) is 0 Å². The average molecular weight is 287 g/mol. The molecular weight excluding hydrogens is 268 g/mol. The van der Waals surface area contributed by atoms with Gasteiger partial charge in [-0.25, -0.2) is 4.98 Å². The van der Waals surface area contributed by atoms with Crippen LogP contribution in [0.1, 0.15) is 11.1 Å². The molecule has 0 spiro atoms. The molecule has 0 saturated heterocycles. The van der Waals surface area contributed by atoms with Crippen molar-refractivity contribution in [2.45, 2.75) is 6.42 Å². The normalized spacial score (nSPS) is 12.5. The molecule has 3 nitrogen and oxygen atoms in total. The molecule has 2 aromatic rings. The van der Waals surface area contributed by atoms with Gasteiger partial charge in [-0.05, 0) is 12.1 Å². The predicted octanol–water partition coefficient (Wildman–Crippen LogP) is 3.53. The van der Waals surface area contributed by atoms with E-state index in [4.69, 9.17) is 12.2 Å². The van der Waals surface area contributed by atoms with Crippen LogP contribution in [0.4, 0.5) is 11.5 Å². The highest BCUT2D eigenvalue weighted by Crippen LogP contribution is 2.28. The van der Waals surface area contributed by atoms with E-state index in [1.807, 2.05) is 45.6 Å². The minimum Gasteiger partial charge on any atom is -0.429 e. The highest BCUT2D eigenvalue weighted by Gasteiger charge is 2.16. The van der Waals surface area contributed by atoms with Gasteiger partial charge in [0.05, 0.1) is 0 Å². The van der Waals surface area contributed by atoms with Gasteiger partial charge in [0, 0.05) is 34.3 Å². The number of thiocarbonyl (C=S) groups is 1. The fraction of sp³-hybridized carbons (Fsp3) is 0.250. The Labute approximate surface area is 125 Å². The lowest BCUT2D eigenvalue weighted by molar-refractivity contribution is -0.00282. The van der Waals surface area contributed by atoms with Crippen LogP contribution < -0.4 is 5.32 Å². The second kappa shape index (κ2) is 6.59. The van der Waals surface area contributed by atoms with E-state index in [2.05, 4.69) is 26.8 Å². The Hall–Kier alpha value is -1.78. The van der Waals surface area contributed by atoms with Gasteiger partial charge in [-0.2, -0.15) is 0 Å². The Morgan fingerprint density at radius 3 is 2.55 bits per heavy atom. The van der Waals surface area contributed by atoms with Crippen molar-refractivity contribution in [1.29, 1.82) is 0 Å². The highest BCUT2D eigenvalue weighted by molar-refractivity contribution is 7.80. The van der Waals surface area contributed by atoms with E-state index in [9.17, 15) is 0 Å². The van der Waals surface area contributed by atoms with Crippen molar-refractivity contribution in [3.63, 3.8) is 0 Å². The number of anilines is 2. The van der Waals surface area contributed by atoms with Crippen molar-refractivity contribution >= 4 is 28.6 Å². The van der Waals surface area contributed by atoms with E-state index in [-0.39, 0.29) is 0 Å². The fourth-order valence-corrected chi connectivity index (χ4v) is 2.26. The van der Waals surface area contributed by atoms with Crippen LogP contribution in [0.5, 0.6) is 0 Å². The molecule has 3 rings (SSSR count). The zero-order chi connectivity index (χ0) is 14.5. The first-order chi connectivity index (χ1) is 9.58. The van der Waals surface area contributed by atoms with Gasteiger partial charge in [0.1, 0.15) is 27.1 Å². The second-order valence-electron chi connectivity index (χ2n) is 5.01. The van der Waals surface area contributed by atoms with Gasteiger partial charge in [-0.1, -0.05) is 36.5 Å². The minimum absolute atomic E-state index is 0.780. The third-order valence-corrected chi connectivity index (χ3v) is 3.09. The molecule has 0 radical (unpaired) electrons. The summed E-state index contributed by atoms with van der Waals surface area (Å²) in [5, 5.41) is 3.33. The summed E-state index contributed by atoms with van der Waals surface area (Å²) in [6.07, 6.45) is 2.57. The molecule has 1 N–H and O–H groups in total. The number of rotatable bonds is 0. The van der Waals surface area contributed by atoms with Gasteiger partial charge in [0.2, 0.25) is 0 Å². The number of para-hydroxylation sites is 1. The maximum absolute atomic E-state index is 5.46. The Kier molecular flexibility index (Phi) is 4.82. The fourth-order valence-electron chi connectivity index (χ4n) is 1.92. The van der Waals surface area contributed by atoms with E-state index in [0.29, 0.717) is 0 Å². The molecule has 0 unspecified atom stereocenters. The van der Waals surface area contributed by atoms with Crippen molar-refractivity contribution in [1.82, 2.24) is 4.98 Å². The number of benzene rings is 1. The molecule has 1 aromatic carbocycles. The summed E-state index contributed by atoms with van der Waals surface area (Å²) in [6, 6.07) is 12.1. The lowest BCUT2D eigenvalue weighted by Gasteiger charge is -2.07. The van der Waals surface area contributed by atoms with Crippen LogP contribution in [-0.2, 0) is 10.8 Å². The third-order valence-electron chi connectivity index (χ3n) is 2.72. The molecule has 0 atom stereocenters. The van der Waals surface area contributed by atoms with Crippen molar-refractivity contribution < 1.29 is 4.37 Å². The highest BCUT2D eigenvalue weighted by atomic mass is 32.1. The van der Waals surface area contributed by atoms with Crippen LogP contribution in [0, 0.1) is 0 Å². The molecule has 1 aromatic heterocycles. The average Bonchev–Trinajstić information content (AvgIpc) is 2.54. The van der Waals surface area contributed by atoms with Gasteiger partial charge < -0.3 is 9.68 Å². The SMILES string of the molecule is C[O+](C)C.S=C1Cc2cccnc2Nc2ccccc21. The Morgan fingerprint density at radius 1 is 1.10 bits per heavy atom. The van der Waals surface area contributed by atoms with Crippen LogP contribution >= 0.6 is 12.2 Å². The van der Waals surface area contributed by atoms with Crippen molar-refractivity contribution in [3.05, 3.63) is 53.7 Å². The molecule has 104 valence electrons. The molecule has 0 saturated carbocycles. The predicted molar refractivity (Wildman–Crippen MR) is 88.2 cm³/mol. The van der Waals surface area contributed by atoms with E-state index >= 15 is 0 Å². The first kappa shape index (κ1) is 14.6. The lowest BCUT2D eigenvalue weighted by atomic mass is 10.1. The van der Waals surface area contributed by atoms with Gasteiger partial charge in [-0.3, -0.25) is 0 Å². The van der Waals surface area contributed by atoms with Crippen LogP contribution in [0.2, 0.25) is 0 Å². The quantitative estimate of drug-likeness (QED) is 0.593. The lowest BCUT2D eigenvalue weighted by Crippen LogP contribution is -2.00. The molecule has 20 heavy (non-hydrogen) atoms. The molecule has 4 heteroatoms. The Bertz CT molecular complexity index is 608. The van der Waals surface area contributed by atoms with E-state index in [1.54, 1.807) is 6.20 Å². The molecule has 0 amide bonds. The number of fused-ring (bicyclic) bond motifs is 2. The third kappa shape index (κ3) is 3.62. The van der Waals surface area contributed by atoms with E-state index in [0.717, 1.165) is 33.9 Å². The summed E-state index contributed by atoms with van der Waals surface area (Å²) in [6.45, 7) is 0.